The molecule has 0 aliphatic rings. The second-order valence-electron chi connectivity index (χ2n) is 7.30. The van der Waals surface area contributed by atoms with Crippen molar-refractivity contribution in [3.63, 3.8) is 0 Å². The van der Waals surface area contributed by atoms with E-state index in [1.165, 1.54) is 6.07 Å². The Kier molecular flexibility index (Phi) is 6.68. The number of fused-ring (bicyclic) bond motifs is 1. The lowest BCUT2D eigenvalue weighted by Crippen LogP contribution is -2.35. The van der Waals surface area contributed by atoms with Crippen LogP contribution in [0.3, 0.4) is 0 Å². The van der Waals surface area contributed by atoms with Crippen LogP contribution in [0.5, 0.6) is 11.5 Å². The lowest BCUT2D eigenvalue weighted by molar-refractivity contribution is 0.0959. The van der Waals surface area contributed by atoms with E-state index in [0.29, 0.717) is 22.1 Å². The molecule has 172 valence electrons. The summed E-state index contributed by atoms with van der Waals surface area (Å²) >= 11 is 12.6. The van der Waals surface area contributed by atoms with Gasteiger partial charge < -0.3 is 10.1 Å². The van der Waals surface area contributed by atoms with Crippen molar-refractivity contribution in [2.45, 2.75) is 6.92 Å². The number of carbonyl (C=O) groups excluding carboxylic acids is 2. The van der Waals surface area contributed by atoms with Crippen molar-refractivity contribution in [3.05, 3.63) is 99.5 Å². The average Bonchev–Trinajstić information content (AvgIpc) is 2.79. The van der Waals surface area contributed by atoms with Gasteiger partial charge in [0.15, 0.2) is 0 Å². The maximum Gasteiger partial charge on any atom is 0.326 e. The number of urea groups is 1. The highest BCUT2D eigenvalue weighted by Gasteiger charge is 2.20. The van der Waals surface area contributed by atoms with Gasteiger partial charge in [-0.3, -0.25) is 10.1 Å². The zero-order valence-electron chi connectivity index (χ0n) is 17.6. The molecule has 34 heavy (non-hydrogen) atoms. The molecular formula is C25H16Cl2F2N2O3. The van der Waals surface area contributed by atoms with Crippen LogP contribution in [0, 0.1) is 18.6 Å². The first kappa shape index (κ1) is 23.5. The van der Waals surface area contributed by atoms with Crippen LogP contribution in [0.4, 0.5) is 19.3 Å². The topological polar surface area (TPSA) is 67.4 Å². The van der Waals surface area contributed by atoms with Crippen molar-refractivity contribution < 1.29 is 23.1 Å². The van der Waals surface area contributed by atoms with E-state index in [-0.39, 0.29) is 10.7 Å². The Morgan fingerprint density at radius 1 is 0.824 bits per heavy atom. The minimum absolute atomic E-state index is 0.186. The van der Waals surface area contributed by atoms with Crippen molar-refractivity contribution in [2.24, 2.45) is 0 Å². The summed E-state index contributed by atoms with van der Waals surface area (Å²) < 4.78 is 33.5. The predicted octanol–water partition coefficient (Wildman–Crippen LogP) is 7.49. The van der Waals surface area contributed by atoms with Crippen molar-refractivity contribution in [1.29, 1.82) is 0 Å². The second-order valence-corrected chi connectivity index (χ2v) is 8.11. The van der Waals surface area contributed by atoms with Gasteiger partial charge in [0.2, 0.25) is 0 Å². The largest absolute Gasteiger partial charge is 0.455 e. The summed E-state index contributed by atoms with van der Waals surface area (Å²) in [4.78, 5) is 24.4. The maximum atomic E-state index is 13.8. The molecule has 0 bridgehead atoms. The molecule has 0 fully saturated rings. The number of carbonyl (C=O) groups is 2. The molecule has 4 aromatic rings. The van der Waals surface area contributed by atoms with Crippen molar-refractivity contribution in [1.82, 2.24) is 5.32 Å². The fraction of sp³-hybridized carbons (Fsp3) is 0.0400. The standard InChI is InChI=1S/C25H16Cl2F2N2O3/c1-13-11-22(34-21-10-9-16(26)14-5-2-3-6-15(14)21)17(27)12-20(13)30-25(33)31-24(32)23-18(28)7-4-8-19(23)29/h2-12H,1H3,(H2,30,31,32,33). The quantitative estimate of drug-likeness (QED) is 0.305. The van der Waals surface area contributed by atoms with Crippen LogP contribution in [-0.2, 0) is 0 Å². The minimum Gasteiger partial charge on any atom is -0.455 e. The normalized spacial score (nSPS) is 10.7. The lowest BCUT2D eigenvalue weighted by Gasteiger charge is -2.15. The molecule has 2 N–H and O–H groups in total. The van der Waals surface area contributed by atoms with Crippen LogP contribution in [-0.4, -0.2) is 11.9 Å². The Bertz CT molecular complexity index is 1420. The van der Waals surface area contributed by atoms with E-state index < -0.39 is 29.1 Å². The van der Waals surface area contributed by atoms with Crippen LogP contribution in [0.1, 0.15) is 15.9 Å². The molecule has 0 radical (unpaired) electrons. The van der Waals surface area contributed by atoms with E-state index >= 15 is 0 Å². The van der Waals surface area contributed by atoms with E-state index in [1.54, 1.807) is 25.1 Å². The summed E-state index contributed by atoms with van der Waals surface area (Å²) in [7, 11) is 0. The molecule has 0 saturated heterocycles. The van der Waals surface area contributed by atoms with Gasteiger partial charge in [-0.15, -0.1) is 0 Å². The van der Waals surface area contributed by atoms with E-state index in [4.69, 9.17) is 27.9 Å². The lowest BCUT2D eigenvalue weighted by atomic mass is 10.1. The molecule has 0 spiro atoms. The highest BCUT2D eigenvalue weighted by molar-refractivity contribution is 6.35. The van der Waals surface area contributed by atoms with Crippen LogP contribution in [0.15, 0.2) is 66.7 Å². The first-order chi connectivity index (χ1) is 16.2. The van der Waals surface area contributed by atoms with E-state index in [0.717, 1.165) is 29.0 Å². The average molecular weight is 501 g/mol. The highest BCUT2D eigenvalue weighted by Crippen LogP contribution is 2.38. The first-order valence-electron chi connectivity index (χ1n) is 9.96. The van der Waals surface area contributed by atoms with Crippen molar-refractivity contribution in [2.75, 3.05) is 5.32 Å². The summed E-state index contributed by atoms with van der Waals surface area (Å²) in [6, 6.07) is 15.9. The SMILES string of the molecule is Cc1cc(Oc2ccc(Cl)c3ccccc23)c(Cl)cc1NC(=O)NC(=O)c1c(F)cccc1F. The zero-order chi connectivity index (χ0) is 24.4. The van der Waals surface area contributed by atoms with Gasteiger partial charge in [-0.1, -0.05) is 53.5 Å². The van der Waals surface area contributed by atoms with Gasteiger partial charge in [0, 0.05) is 21.5 Å². The third kappa shape index (κ3) is 4.81. The maximum absolute atomic E-state index is 13.8. The molecule has 9 heteroatoms. The Hall–Kier alpha value is -3.68. The number of halogens is 4. The molecule has 0 aromatic heterocycles. The summed E-state index contributed by atoms with van der Waals surface area (Å²) in [6.07, 6.45) is 0. The van der Waals surface area contributed by atoms with Gasteiger partial charge in [-0.2, -0.15) is 0 Å². The fourth-order valence-electron chi connectivity index (χ4n) is 3.34. The summed E-state index contributed by atoms with van der Waals surface area (Å²) in [6.45, 7) is 1.69. The summed E-state index contributed by atoms with van der Waals surface area (Å²) in [5.74, 6) is -2.51. The molecule has 4 rings (SSSR count). The van der Waals surface area contributed by atoms with E-state index in [2.05, 4.69) is 5.32 Å². The number of anilines is 1. The Morgan fingerprint density at radius 3 is 2.21 bits per heavy atom. The number of amides is 3. The molecule has 0 heterocycles. The zero-order valence-corrected chi connectivity index (χ0v) is 19.1. The molecule has 4 aromatic carbocycles. The van der Waals surface area contributed by atoms with E-state index in [1.807, 2.05) is 29.6 Å². The van der Waals surface area contributed by atoms with Gasteiger partial charge in [-0.25, -0.2) is 13.6 Å². The van der Waals surface area contributed by atoms with Crippen molar-refractivity contribution in [3.8, 4) is 11.5 Å². The summed E-state index contributed by atoms with van der Waals surface area (Å²) in [5, 5.41) is 6.73. The molecule has 0 saturated carbocycles. The fourth-order valence-corrected chi connectivity index (χ4v) is 3.77. The van der Waals surface area contributed by atoms with Gasteiger partial charge in [-0.05, 0) is 48.9 Å². The molecular weight excluding hydrogens is 485 g/mol. The van der Waals surface area contributed by atoms with Crippen LogP contribution < -0.4 is 15.4 Å². The number of hydrogen-bond acceptors (Lipinski definition) is 3. The molecule has 0 unspecified atom stereocenters. The minimum atomic E-state index is -1.22. The second kappa shape index (κ2) is 9.67. The number of imide groups is 1. The highest BCUT2D eigenvalue weighted by atomic mass is 35.5. The number of nitrogens with one attached hydrogen (secondary N) is 2. The molecule has 0 aliphatic carbocycles. The molecule has 0 aliphatic heterocycles. The third-order valence-electron chi connectivity index (χ3n) is 4.99. The van der Waals surface area contributed by atoms with Crippen LogP contribution in [0.2, 0.25) is 10.0 Å². The number of hydrogen-bond donors (Lipinski definition) is 2. The van der Waals surface area contributed by atoms with Gasteiger partial charge in [0.05, 0.1) is 5.02 Å². The Labute approximate surface area is 203 Å². The number of benzene rings is 4. The number of aryl methyl sites for hydroxylation is 1. The number of rotatable bonds is 4. The van der Waals surface area contributed by atoms with Crippen LogP contribution >= 0.6 is 23.2 Å². The monoisotopic (exact) mass is 500 g/mol. The van der Waals surface area contributed by atoms with Crippen molar-refractivity contribution >= 4 is 51.6 Å². The Balaban J connectivity index is 1.53. The molecule has 5 nitrogen and oxygen atoms in total. The predicted molar refractivity (Wildman–Crippen MR) is 128 cm³/mol. The van der Waals surface area contributed by atoms with Crippen LogP contribution in [0.25, 0.3) is 10.8 Å². The van der Waals surface area contributed by atoms with Gasteiger partial charge >= 0.3 is 6.03 Å². The number of ether oxygens (including phenoxy) is 1. The van der Waals surface area contributed by atoms with Gasteiger partial charge in [0.1, 0.15) is 28.7 Å². The third-order valence-corrected chi connectivity index (χ3v) is 5.62. The smallest absolute Gasteiger partial charge is 0.326 e. The Morgan fingerprint density at radius 2 is 1.50 bits per heavy atom. The molecule has 3 amide bonds. The van der Waals surface area contributed by atoms with Gasteiger partial charge in [0.25, 0.3) is 5.91 Å². The van der Waals surface area contributed by atoms with E-state index in [9.17, 15) is 18.4 Å². The summed E-state index contributed by atoms with van der Waals surface area (Å²) in [5.41, 5.74) is -0.0127. The molecule has 0 atom stereocenters. The first-order valence-corrected chi connectivity index (χ1v) is 10.7.